The van der Waals surface area contributed by atoms with Gasteiger partial charge >= 0.3 is 5.97 Å². The summed E-state index contributed by atoms with van der Waals surface area (Å²) in [4.78, 5) is 58.1. The Morgan fingerprint density at radius 3 is 1.67 bits per heavy atom. The normalized spacial score (nSPS) is 14.3. The number of H-pyrrole nitrogens is 2. The maximum Gasteiger partial charge on any atom is 0.326 e. The van der Waals surface area contributed by atoms with E-state index in [-0.39, 0.29) is 25.2 Å². The van der Waals surface area contributed by atoms with Crippen molar-refractivity contribution in [2.75, 3.05) is 0 Å². The number of rotatable bonds is 13. The van der Waals surface area contributed by atoms with Crippen LogP contribution in [0, 0.1) is 5.92 Å². The monoisotopic (exact) mass is 574 g/mol. The van der Waals surface area contributed by atoms with Crippen LogP contribution in [-0.2, 0) is 32.0 Å². The van der Waals surface area contributed by atoms with E-state index in [4.69, 9.17) is 5.73 Å². The van der Waals surface area contributed by atoms with Gasteiger partial charge in [-0.25, -0.2) is 4.79 Å². The van der Waals surface area contributed by atoms with Crippen LogP contribution in [0.25, 0.3) is 21.8 Å². The summed E-state index contributed by atoms with van der Waals surface area (Å²) in [6.07, 6.45) is 3.99. The second-order valence-electron chi connectivity index (χ2n) is 11.1. The van der Waals surface area contributed by atoms with E-state index < -0.39 is 47.9 Å². The molecule has 0 aliphatic rings. The molecule has 8 N–H and O–H groups in total. The molecule has 2 aromatic carbocycles. The van der Waals surface area contributed by atoms with Crippen molar-refractivity contribution in [2.24, 2.45) is 11.7 Å². The molecule has 2 aromatic heterocycles. The van der Waals surface area contributed by atoms with Crippen LogP contribution in [0.5, 0.6) is 0 Å². The van der Waals surface area contributed by atoms with Gasteiger partial charge in [0.1, 0.15) is 18.1 Å². The molecule has 0 aliphatic carbocycles. The zero-order chi connectivity index (χ0) is 30.4. The van der Waals surface area contributed by atoms with E-state index >= 15 is 0 Å². The van der Waals surface area contributed by atoms with Gasteiger partial charge < -0.3 is 36.8 Å². The second kappa shape index (κ2) is 13.3. The lowest BCUT2D eigenvalue weighted by atomic mass is 9.99. The molecule has 4 rings (SSSR count). The van der Waals surface area contributed by atoms with Crippen molar-refractivity contribution in [1.82, 2.24) is 25.9 Å². The molecule has 0 aliphatic heterocycles. The van der Waals surface area contributed by atoms with Crippen LogP contribution in [0.15, 0.2) is 60.9 Å². The third-order valence-electron chi connectivity index (χ3n) is 7.20. The van der Waals surface area contributed by atoms with E-state index in [1.165, 1.54) is 6.92 Å². The first kappa shape index (κ1) is 30.3. The number of nitrogens with one attached hydrogen (secondary N) is 5. The molecule has 0 saturated heterocycles. The smallest absolute Gasteiger partial charge is 0.326 e. The van der Waals surface area contributed by atoms with Crippen LogP contribution in [0.1, 0.15) is 38.3 Å². The van der Waals surface area contributed by atoms with E-state index in [1.807, 2.05) is 62.4 Å². The zero-order valence-electron chi connectivity index (χ0n) is 23.9. The minimum absolute atomic E-state index is 0.00340. The molecule has 0 radical (unpaired) electrons. The van der Waals surface area contributed by atoms with Gasteiger partial charge in [0.05, 0.1) is 6.04 Å². The fourth-order valence-electron chi connectivity index (χ4n) is 5.00. The van der Waals surface area contributed by atoms with Gasteiger partial charge in [-0.3, -0.25) is 14.4 Å². The Hall–Kier alpha value is -4.64. The standard InChI is InChI=1S/C31H38N6O5/c1-17(2)12-25(29(39)37-27(31(41)42)14-20-16-34-24-11-7-5-9-22(20)24)36-30(40)26(35-28(38)18(3)32)13-19-15-33-23-10-6-4-8-21(19)23/h4-11,15-18,25-27,33-34H,12-14,32H2,1-3H3,(H,35,38)(H,36,40)(H,37,39)(H,41,42). The molecule has 0 bridgehead atoms. The average molecular weight is 575 g/mol. The number of carbonyl (C=O) groups excluding carboxylic acids is 3. The van der Waals surface area contributed by atoms with Crippen molar-refractivity contribution in [3.05, 3.63) is 72.1 Å². The summed E-state index contributed by atoms with van der Waals surface area (Å²) in [7, 11) is 0. The number of fused-ring (bicyclic) bond motifs is 2. The zero-order valence-corrected chi connectivity index (χ0v) is 23.9. The fourth-order valence-corrected chi connectivity index (χ4v) is 5.00. The van der Waals surface area contributed by atoms with E-state index in [0.29, 0.717) is 0 Å². The van der Waals surface area contributed by atoms with Gasteiger partial charge in [-0.2, -0.15) is 0 Å². The van der Waals surface area contributed by atoms with Crippen LogP contribution < -0.4 is 21.7 Å². The summed E-state index contributed by atoms with van der Waals surface area (Å²) in [5.74, 6) is -2.88. The first-order chi connectivity index (χ1) is 20.0. The van der Waals surface area contributed by atoms with Gasteiger partial charge in [0, 0.05) is 47.0 Å². The number of hydrogen-bond acceptors (Lipinski definition) is 5. The Bertz CT molecular complexity index is 1570. The van der Waals surface area contributed by atoms with Gasteiger partial charge in [-0.15, -0.1) is 0 Å². The lowest BCUT2D eigenvalue weighted by molar-refractivity contribution is -0.142. The van der Waals surface area contributed by atoms with E-state index in [0.717, 1.165) is 32.9 Å². The van der Waals surface area contributed by atoms with Crippen molar-refractivity contribution in [2.45, 2.75) is 64.2 Å². The minimum Gasteiger partial charge on any atom is -0.480 e. The summed E-state index contributed by atoms with van der Waals surface area (Å²) in [5.41, 5.74) is 9.08. The highest BCUT2D eigenvalue weighted by atomic mass is 16.4. The number of para-hydroxylation sites is 2. The Morgan fingerprint density at radius 1 is 0.714 bits per heavy atom. The quantitative estimate of drug-likeness (QED) is 0.129. The SMILES string of the molecule is CC(C)CC(NC(=O)C(Cc1c[nH]c2ccccc12)NC(=O)C(C)N)C(=O)NC(Cc1c[nH]c2ccccc12)C(=O)O. The van der Waals surface area contributed by atoms with Crippen LogP contribution in [0.4, 0.5) is 0 Å². The molecule has 3 amide bonds. The number of carboxylic acids is 1. The molecule has 0 spiro atoms. The fraction of sp³-hybridized carbons (Fsp3) is 0.355. The molecule has 4 atom stereocenters. The molecule has 2 heterocycles. The molecular weight excluding hydrogens is 536 g/mol. The van der Waals surface area contributed by atoms with Gasteiger partial charge in [0.25, 0.3) is 0 Å². The highest BCUT2D eigenvalue weighted by molar-refractivity contribution is 5.95. The summed E-state index contributed by atoms with van der Waals surface area (Å²) < 4.78 is 0. The van der Waals surface area contributed by atoms with Crippen molar-refractivity contribution in [3.63, 3.8) is 0 Å². The van der Waals surface area contributed by atoms with Crippen molar-refractivity contribution in [1.29, 1.82) is 0 Å². The third-order valence-corrected chi connectivity index (χ3v) is 7.20. The minimum atomic E-state index is -1.22. The Kier molecular flexibility index (Phi) is 9.64. The summed E-state index contributed by atoms with van der Waals surface area (Å²) in [6, 6.07) is 11.0. The number of nitrogens with two attached hydrogens (primary N) is 1. The number of carboxylic acid groups (broad SMARTS) is 1. The second-order valence-corrected chi connectivity index (χ2v) is 11.1. The lowest BCUT2D eigenvalue weighted by Gasteiger charge is -2.26. The topological polar surface area (TPSA) is 182 Å². The molecule has 222 valence electrons. The largest absolute Gasteiger partial charge is 0.480 e. The number of aliphatic carboxylic acids is 1. The number of amides is 3. The van der Waals surface area contributed by atoms with E-state index in [1.54, 1.807) is 12.4 Å². The predicted octanol–water partition coefficient (Wildman–Crippen LogP) is 2.37. The number of aromatic amines is 2. The number of hydrogen-bond donors (Lipinski definition) is 7. The van der Waals surface area contributed by atoms with Crippen LogP contribution >= 0.6 is 0 Å². The van der Waals surface area contributed by atoms with Gasteiger partial charge in [0.2, 0.25) is 17.7 Å². The Morgan fingerprint density at radius 2 is 1.17 bits per heavy atom. The van der Waals surface area contributed by atoms with Crippen molar-refractivity contribution in [3.8, 4) is 0 Å². The molecule has 0 saturated carbocycles. The Labute approximate surface area is 243 Å². The van der Waals surface area contributed by atoms with Crippen molar-refractivity contribution >= 4 is 45.5 Å². The van der Waals surface area contributed by atoms with Gasteiger partial charge in [0.15, 0.2) is 0 Å². The van der Waals surface area contributed by atoms with E-state index in [9.17, 15) is 24.3 Å². The molecular formula is C31H38N6O5. The molecule has 11 nitrogen and oxygen atoms in total. The Balaban J connectivity index is 1.53. The first-order valence-corrected chi connectivity index (χ1v) is 14.0. The summed E-state index contributed by atoms with van der Waals surface area (Å²) in [6.45, 7) is 5.31. The van der Waals surface area contributed by atoms with Crippen molar-refractivity contribution < 1.29 is 24.3 Å². The molecule has 11 heteroatoms. The molecule has 4 aromatic rings. The number of aromatic nitrogens is 2. The highest BCUT2D eigenvalue weighted by Crippen LogP contribution is 2.21. The average Bonchev–Trinajstić information content (AvgIpc) is 3.55. The maximum absolute atomic E-state index is 13.6. The number of carbonyl (C=O) groups is 4. The summed E-state index contributed by atoms with van der Waals surface area (Å²) >= 11 is 0. The van der Waals surface area contributed by atoms with Crippen LogP contribution in [-0.4, -0.2) is 62.9 Å². The third kappa shape index (κ3) is 7.35. The van der Waals surface area contributed by atoms with Crippen LogP contribution in [0.2, 0.25) is 0 Å². The molecule has 4 unspecified atom stereocenters. The first-order valence-electron chi connectivity index (χ1n) is 14.0. The maximum atomic E-state index is 13.6. The summed E-state index contributed by atoms with van der Waals surface area (Å²) in [5, 5.41) is 19.8. The van der Waals surface area contributed by atoms with E-state index in [2.05, 4.69) is 25.9 Å². The van der Waals surface area contributed by atoms with Crippen LogP contribution in [0.3, 0.4) is 0 Å². The molecule has 0 fully saturated rings. The predicted molar refractivity (Wildman–Crippen MR) is 161 cm³/mol. The lowest BCUT2D eigenvalue weighted by Crippen LogP contribution is -2.57. The van der Waals surface area contributed by atoms with Gasteiger partial charge in [-0.1, -0.05) is 50.2 Å². The van der Waals surface area contributed by atoms with Gasteiger partial charge in [-0.05, 0) is 42.5 Å². The molecule has 42 heavy (non-hydrogen) atoms. The highest BCUT2D eigenvalue weighted by Gasteiger charge is 2.31. The number of benzene rings is 2.